The van der Waals surface area contributed by atoms with Gasteiger partial charge in [0.05, 0.1) is 16.6 Å². The van der Waals surface area contributed by atoms with Crippen LogP contribution < -0.4 is 5.73 Å². The fourth-order valence-corrected chi connectivity index (χ4v) is 2.52. The van der Waals surface area contributed by atoms with Gasteiger partial charge in [-0.15, -0.1) is 11.3 Å². The van der Waals surface area contributed by atoms with E-state index in [9.17, 15) is 0 Å². The first-order chi connectivity index (χ1) is 7.19. The maximum atomic E-state index is 5.86. The van der Waals surface area contributed by atoms with Gasteiger partial charge < -0.3 is 5.73 Å². The van der Waals surface area contributed by atoms with Gasteiger partial charge in [-0.1, -0.05) is 11.6 Å². The molecule has 15 heavy (non-hydrogen) atoms. The molecule has 2 aromatic rings. The summed E-state index contributed by atoms with van der Waals surface area (Å²) in [6, 6.07) is 3.92. The Morgan fingerprint density at radius 3 is 2.87 bits per heavy atom. The second-order valence-electron chi connectivity index (χ2n) is 3.35. The predicted octanol–water partition coefficient (Wildman–Crippen LogP) is 2.41. The fraction of sp³-hybridized carbons (Fsp3) is 0.300. The zero-order valence-corrected chi connectivity index (χ0v) is 9.98. The summed E-state index contributed by atoms with van der Waals surface area (Å²) in [5, 5.41) is 4.39. The monoisotopic (exact) mass is 241 g/mol. The Morgan fingerprint density at radius 2 is 2.33 bits per heavy atom. The molecule has 0 aliphatic heterocycles. The summed E-state index contributed by atoms with van der Waals surface area (Å²) in [7, 11) is 0. The lowest BCUT2D eigenvalue weighted by atomic mass is 10.3. The third kappa shape index (κ3) is 2.40. The number of hydrogen-bond acceptors (Lipinski definition) is 3. The normalized spacial score (nSPS) is 10.9. The summed E-state index contributed by atoms with van der Waals surface area (Å²) in [5.41, 5.74) is 7.68. The lowest BCUT2D eigenvalue weighted by Gasteiger charge is -1.96. The van der Waals surface area contributed by atoms with Crippen LogP contribution in [0.2, 0.25) is 4.34 Å². The largest absolute Gasteiger partial charge is 0.326 e. The topological polar surface area (TPSA) is 43.8 Å². The molecule has 80 valence electrons. The molecule has 5 heteroatoms. The van der Waals surface area contributed by atoms with Crippen LogP contribution in [0.5, 0.6) is 0 Å². The summed E-state index contributed by atoms with van der Waals surface area (Å²) in [5.74, 6) is 0. The van der Waals surface area contributed by atoms with Gasteiger partial charge in [-0.2, -0.15) is 5.10 Å². The van der Waals surface area contributed by atoms with E-state index in [1.54, 1.807) is 11.3 Å². The number of thiophene rings is 1. The fourth-order valence-electron chi connectivity index (χ4n) is 1.44. The van der Waals surface area contributed by atoms with Crippen LogP contribution in [-0.4, -0.2) is 9.78 Å². The smallest absolute Gasteiger partial charge is 0.0931 e. The lowest BCUT2D eigenvalue weighted by Crippen LogP contribution is -1.98. The van der Waals surface area contributed by atoms with Crippen LogP contribution in [0.3, 0.4) is 0 Å². The van der Waals surface area contributed by atoms with Crippen molar-refractivity contribution in [1.82, 2.24) is 9.78 Å². The van der Waals surface area contributed by atoms with E-state index in [-0.39, 0.29) is 0 Å². The average Bonchev–Trinajstić information content (AvgIpc) is 2.73. The number of halogens is 1. The highest BCUT2D eigenvalue weighted by Gasteiger charge is 2.04. The summed E-state index contributed by atoms with van der Waals surface area (Å²) in [6.07, 6.45) is 1.99. The molecule has 2 heterocycles. The van der Waals surface area contributed by atoms with Crippen LogP contribution in [-0.2, 0) is 13.1 Å². The maximum absolute atomic E-state index is 5.86. The van der Waals surface area contributed by atoms with Crippen molar-refractivity contribution in [1.29, 1.82) is 0 Å². The molecule has 0 saturated heterocycles. The Kier molecular flexibility index (Phi) is 3.09. The van der Waals surface area contributed by atoms with Crippen molar-refractivity contribution in [3.8, 4) is 0 Å². The summed E-state index contributed by atoms with van der Waals surface area (Å²) in [4.78, 5) is 1.20. The molecule has 2 N–H and O–H groups in total. The Bertz CT molecular complexity index is 461. The van der Waals surface area contributed by atoms with Gasteiger partial charge in [0.2, 0.25) is 0 Å². The average molecular weight is 242 g/mol. The van der Waals surface area contributed by atoms with E-state index in [4.69, 9.17) is 17.3 Å². The van der Waals surface area contributed by atoms with Crippen molar-refractivity contribution in [3.63, 3.8) is 0 Å². The molecule has 0 atom stereocenters. The number of nitrogens with two attached hydrogens (primary N) is 1. The van der Waals surface area contributed by atoms with Crippen LogP contribution in [0, 0.1) is 6.92 Å². The number of aryl methyl sites for hydroxylation is 1. The number of rotatable bonds is 3. The molecule has 0 amide bonds. The van der Waals surface area contributed by atoms with Gasteiger partial charge in [0, 0.05) is 23.2 Å². The number of nitrogens with zero attached hydrogens (tertiary/aromatic N) is 2. The van der Waals surface area contributed by atoms with Crippen molar-refractivity contribution in [2.24, 2.45) is 5.73 Å². The van der Waals surface area contributed by atoms with E-state index >= 15 is 0 Å². The van der Waals surface area contributed by atoms with Gasteiger partial charge in [0.1, 0.15) is 0 Å². The molecule has 0 fully saturated rings. The van der Waals surface area contributed by atoms with E-state index in [2.05, 4.69) is 5.10 Å². The highest BCUT2D eigenvalue weighted by Crippen LogP contribution is 2.22. The Balaban J connectivity index is 2.17. The minimum absolute atomic E-state index is 0.539. The number of hydrogen-bond donors (Lipinski definition) is 1. The zero-order valence-electron chi connectivity index (χ0n) is 8.40. The van der Waals surface area contributed by atoms with E-state index in [1.807, 2.05) is 29.9 Å². The maximum Gasteiger partial charge on any atom is 0.0931 e. The SMILES string of the molecule is Cc1nn(Cc2ccc(Cl)s2)cc1CN. The molecule has 0 spiro atoms. The first kappa shape index (κ1) is 10.7. The van der Waals surface area contributed by atoms with E-state index in [0.29, 0.717) is 6.54 Å². The highest BCUT2D eigenvalue weighted by molar-refractivity contribution is 7.16. The molecule has 0 aromatic carbocycles. The van der Waals surface area contributed by atoms with Crippen molar-refractivity contribution in [3.05, 3.63) is 38.8 Å². The van der Waals surface area contributed by atoms with Crippen LogP contribution >= 0.6 is 22.9 Å². The Labute approximate surface area is 97.5 Å². The predicted molar refractivity (Wildman–Crippen MR) is 63.3 cm³/mol. The van der Waals surface area contributed by atoms with Crippen molar-refractivity contribution in [2.45, 2.75) is 20.0 Å². The molecule has 0 aliphatic rings. The van der Waals surface area contributed by atoms with E-state index in [1.165, 1.54) is 4.88 Å². The first-order valence-electron chi connectivity index (χ1n) is 4.66. The molecule has 0 saturated carbocycles. The lowest BCUT2D eigenvalue weighted by molar-refractivity contribution is 0.687. The molecule has 0 radical (unpaired) electrons. The quantitative estimate of drug-likeness (QED) is 0.897. The molecule has 3 nitrogen and oxygen atoms in total. The second kappa shape index (κ2) is 4.35. The van der Waals surface area contributed by atoms with E-state index in [0.717, 1.165) is 22.1 Å². The third-order valence-electron chi connectivity index (χ3n) is 2.21. The molecule has 0 unspecified atom stereocenters. The molecular weight excluding hydrogens is 230 g/mol. The molecule has 2 aromatic heterocycles. The molecule has 0 bridgehead atoms. The first-order valence-corrected chi connectivity index (χ1v) is 5.85. The summed E-state index contributed by atoms with van der Waals surface area (Å²) in [6.45, 7) is 3.27. The second-order valence-corrected chi connectivity index (χ2v) is 5.15. The van der Waals surface area contributed by atoms with Gasteiger partial charge in [-0.25, -0.2) is 0 Å². The van der Waals surface area contributed by atoms with Crippen LogP contribution in [0.4, 0.5) is 0 Å². The molecule has 2 rings (SSSR count). The van der Waals surface area contributed by atoms with Gasteiger partial charge in [0.25, 0.3) is 0 Å². The van der Waals surface area contributed by atoms with E-state index < -0.39 is 0 Å². The minimum atomic E-state index is 0.539. The number of aromatic nitrogens is 2. The highest BCUT2D eigenvalue weighted by atomic mass is 35.5. The van der Waals surface area contributed by atoms with Gasteiger partial charge >= 0.3 is 0 Å². The van der Waals surface area contributed by atoms with Gasteiger partial charge in [-0.3, -0.25) is 4.68 Å². The molecular formula is C10H12ClN3S. The Hall–Kier alpha value is -0.840. The standard InChI is InChI=1S/C10H12ClN3S/c1-7-8(4-12)5-14(13-7)6-9-2-3-10(11)15-9/h2-3,5H,4,6,12H2,1H3. The van der Waals surface area contributed by atoms with Crippen LogP contribution in [0.1, 0.15) is 16.1 Å². The van der Waals surface area contributed by atoms with Crippen molar-refractivity contribution in [2.75, 3.05) is 0 Å². The van der Waals surface area contributed by atoms with Crippen molar-refractivity contribution < 1.29 is 0 Å². The summed E-state index contributed by atoms with van der Waals surface area (Å²) >= 11 is 7.44. The minimum Gasteiger partial charge on any atom is -0.326 e. The van der Waals surface area contributed by atoms with Crippen LogP contribution in [0.25, 0.3) is 0 Å². The molecule has 0 aliphatic carbocycles. The van der Waals surface area contributed by atoms with Crippen LogP contribution in [0.15, 0.2) is 18.3 Å². The Morgan fingerprint density at radius 1 is 1.53 bits per heavy atom. The van der Waals surface area contributed by atoms with Crippen molar-refractivity contribution >= 4 is 22.9 Å². The van der Waals surface area contributed by atoms with Gasteiger partial charge in [0.15, 0.2) is 0 Å². The zero-order chi connectivity index (χ0) is 10.8. The third-order valence-corrected chi connectivity index (χ3v) is 3.43. The summed E-state index contributed by atoms with van der Waals surface area (Å²) < 4.78 is 2.72. The van der Waals surface area contributed by atoms with Gasteiger partial charge in [-0.05, 0) is 19.1 Å².